The van der Waals surface area contributed by atoms with Gasteiger partial charge in [0.2, 0.25) is 0 Å². The van der Waals surface area contributed by atoms with Crippen molar-refractivity contribution in [3.05, 3.63) is 87.3 Å². The first kappa shape index (κ1) is 20.3. The van der Waals surface area contributed by atoms with Crippen molar-refractivity contribution >= 4 is 11.2 Å². The Balaban J connectivity index is 1.68. The van der Waals surface area contributed by atoms with Gasteiger partial charge in [0.05, 0.1) is 31.8 Å². The molecule has 2 aromatic heterocycles. The van der Waals surface area contributed by atoms with Gasteiger partial charge in [-0.25, -0.2) is 14.3 Å². The quantitative estimate of drug-likeness (QED) is 0.468. The molecule has 5 rings (SSSR count). The third-order valence-electron chi connectivity index (χ3n) is 5.84. The van der Waals surface area contributed by atoms with Gasteiger partial charge in [-0.1, -0.05) is 30.3 Å². The van der Waals surface area contributed by atoms with Crippen LogP contribution in [0.3, 0.4) is 0 Å². The topological polar surface area (TPSA) is 80.3 Å². The third kappa shape index (κ3) is 3.62. The molecule has 0 N–H and O–H groups in total. The van der Waals surface area contributed by atoms with Crippen molar-refractivity contribution in [2.24, 2.45) is 0 Å². The summed E-state index contributed by atoms with van der Waals surface area (Å²) in [4.78, 5) is 31.4. The lowest BCUT2D eigenvalue weighted by molar-refractivity contribution is 0.0950. The van der Waals surface area contributed by atoms with Gasteiger partial charge >= 0.3 is 5.69 Å². The van der Waals surface area contributed by atoms with E-state index in [1.807, 2.05) is 54.6 Å². The van der Waals surface area contributed by atoms with Gasteiger partial charge in [-0.2, -0.15) is 0 Å². The number of ether oxygens (including phenoxy) is 2. The molecule has 1 saturated heterocycles. The maximum Gasteiger partial charge on any atom is 0.337 e. The molecule has 1 atom stereocenters. The summed E-state index contributed by atoms with van der Waals surface area (Å²) in [6.45, 7) is 1.33. The number of hydrogen-bond acceptors (Lipinski definition) is 5. The molecule has 1 fully saturated rings. The van der Waals surface area contributed by atoms with E-state index in [0.29, 0.717) is 30.0 Å². The smallest absolute Gasteiger partial charge is 0.337 e. The summed E-state index contributed by atoms with van der Waals surface area (Å²) in [5.74, 6) is 0.765. The first-order valence-corrected chi connectivity index (χ1v) is 10.7. The predicted octanol–water partition coefficient (Wildman–Crippen LogP) is 2.58. The van der Waals surface area contributed by atoms with Crippen molar-refractivity contribution in [3.63, 3.8) is 0 Å². The van der Waals surface area contributed by atoms with E-state index in [1.165, 1.54) is 9.13 Å². The van der Waals surface area contributed by atoms with Crippen LogP contribution in [-0.4, -0.2) is 38.5 Å². The number of fused-ring (bicyclic) bond motifs is 1. The summed E-state index contributed by atoms with van der Waals surface area (Å²) in [5, 5.41) is 0. The molecule has 1 unspecified atom stereocenters. The van der Waals surface area contributed by atoms with Crippen LogP contribution in [0.4, 0.5) is 0 Å². The van der Waals surface area contributed by atoms with Crippen LogP contribution in [0.5, 0.6) is 5.75 Å². The number of benzene rings is 2. The van der Waals surface area contributed by atoms with E-state index in [-0.39, 0.29) is 18.2 Å². The minimum atomic E-state index is -0.404. The van der Waals surface area contributed by atoms with Gasteiger partial charge in [-0.05, 0) is 42.7 Å². The van der Waals surface area contributed by atoms with Crippen LogP contribution in [-0.2, 0) is 17.8 Å². The highest BCUT2D eigenvalue weighted by Gasteiger charge is 2.23. The van der Waals surface area contributed by atoms with Crippen molar-refractivity contribution in [2.45, 2.75) is 32.0 Å². The van der Waals surface area contributed by atoms with Crippen LogP contribution >= 0.6 is 0 Å². The molecule has 0 spiro atoms. The zero-order valence-electron chi connectivity index (χ0n) is 17.8. The SMILES string of the molecule is COc1ccc(Cn2cnc3c2c(=O)n(CC2CCCO2)c(=O)n3-c2ccccc2)cc1. The molecule has 0 amide bonds. The van der Waals surface area contributed by atoms with Gasteiger partial charge in [0.25, 0.3) is 5.56 Å². The van der Waals surface area contributed by atoms with Gasteiger partial charge < -0.3 is 14.0 Å². The standard InChI is InChI=1S/C24H24N4O4/c1-31-19-11-9-17(10-12-19)14-26-16-25-22-21(26)23(29)27(15-20-8-5-13-32-20)24(30)28(22)18-6-3-2-4-7-18/h2-4,6-7,9-12,16,20H,5,8,13-15H2,1H3. The van der Waals surface area contributed by atoms with Crippen LogP contribution in [0.2, 0.25) is 0 Å². The van der Waals surface area contributed by atoms with Gasteiger partial charge in [-0.15, -0.1) is 0 Å². The Kier molecular flexibility index (Phi) is 5.36. The van der Waals surface area contributed by atoms with Crippen LogP contribution in [0.1, 0.15) is 18.4 Å². The van der Waals surface area contributed by atoms with Crippen molar-refractivity contribution in [1.29, 1.82) is 0 Å². The molecule has 4 aromatic rings. The molecule has 2 aromatic carbocycles. The largest absolute Gasteiger partial charge is 0.497 e. The maximum atomic E-state index is 13.5. The van der Waals surface area contributed by atoms with E-state index < -0.39 is 5.69 Å². The fourth-order valence-corrected chi connectivity index (χ4v) is 4.19. The fraction of sp³-hybridized carbons (Fsp3) is 0.292. The highest BCUT2D eigenvalue weighted by molar-refractivity contribution is 5.72. The Morgan fingerprint density at radius 3 is 2.56 bits per heavy atom. The molecular formula is C24H24N4O4. The molecule has 1 aliphatic rings. The first-order chi connectivity index (χ1) is 15.7. The van der Waals surface area contributed by atoms with Crippen molar-refractivity contribution in [1.82, 2.24) is 18.7 Å². The van der Waals surface area contributed by atoms with E-state index in [4.69, 9.17) is 9.47 Å². The molecule has 0 radical (unpaired) electrons. The second-order valence-electron chi connectivity index (χ2n) is 7.90. The number of imidazole rings is 1. The lowest BCUT2D eigenvalue weighted by atomic mass is 10.2. The highest BCUT2D eigenvalue weighted by Crippen LogP contribution is 2.18. The minimum Gasteiger partial charge on any atom is -0.497 e. The lowest BCUT2D eigenvalue weighted by Crippen LogP contribution is -2.42. The Morgan fingerprint density at radius 2 is 1.88 bits per heavy atom. The van der Waals surface area contributed by atoms with E-state index in [9.17, 15) is 9.59 Å². The second kappa shape index (κ2) is 8.47. The molecule has 0 bridgehead atoms. The highest BCUT2D eigenvalue weighted by atomic mass is 16.5. The second-order valence-corrected chi connectivity index (χ2v) is 7.90. The van der Waals surface area contributed by atoms with Crippen molar-refractivity contribution < 1.29 is 9.47 Å². The molecule has 1 aliphatic heterocycles. The Morgan fingerprint density at radius 1 is 1.09 bits per heavy atom. The van der Waals surface area contributed by atoms with E-state index >= 15 is 0 Å². The maximum absolute atomic E-state index is 13.5. The Labute approximate surface area is 184 Å². The number of nitrogens with zero attached hydrogens (tertiary/aromatic N) is 4. The number of hydrogen-bond donors (Lipinski definition) is 0. The number of aromatic nitrogens is 4. The van der Waals surface area contributed by atoms with Crippen LogP contribution in [0.25, 0.3) is 16.9 Å². The first-order valence-electron chi connectivity index (χ1n) is 10.7. The molecule has 0 saturated carbocycles. The van der Waals surface area contributed by atoms with Gasteiger partial charge in [-0.3, -0.25) is 9.36 Å². The number of methoxy groups -OCH3 is 1. The average Bonchev–Trinajstić information content (AvgIpc) is 3.48. The van der Waals surface area contributed by atoms with Gasteiger partial charge in [0.15, 0.2) is 11.2 Å². The molecule has 3 heterocycles. The van der Waals surface area contributed by atoms with Crippen LogP contribution in [0.15, 0.2) is 70.5 Å². The zero-order chi connectivity index (χ0) is 22.1. The summed E-state index contributed by atoms with van der Waals surface area (Å²) < 4.78 is 15.5. The van der Waals surface area contributed by atoms with Crippen LogP contribution < -0.4 is 16.0 Å². The van der Waals surface area contributed by atoms with Crippen molar-refractivity contribution in [2.75, 3.05) is 13.7 Å². The Bertz CT molecular complexity index is 1350. The van der Waals surface area contributed by atoms with E-state index in [0.717, 1.165) is 24.2 Å². The molecule has 0 aliphatic carbocycles. The molecule has 32 heavy (non-hydrogen) atoms. The zero-order valence-corrected chi connectivity index (χ0v) is 17.8. The lowest BCUT2D eigenvalue weighted by Gasteiger charge is -2.15. The summed E-state index contributed by atoms with van der Waals surface area (Å²) in [5.41, 5.74) is 1.65. The number of rotatable bonds is 6. The third-order valence-corrected chi connectivity index (χ3v) is 5.84. The molecule has 8 nitrogen and oxygen atoms in total. The molecule has 164 valence electrons. The van der Waals surface area contributed by atoms with Gasteiger partial charge in [0, 0.05) is 13.2 Å². The summed E-state index contributed by atoms with van der Waals surface area (Å²) in [6.07, 6.45) is 3.25. The van der Waals surface area contributed by atoms with E-state index in [2.05, 4.69) is 4.98 Å². The average molecular weight is 432 g/mol. The molecule has 8 heteroatoms. The summed E-state index contributed by atoms with van der Waals surface area (Å²) >= 11 is 0. The van der Waals surface area contributed by atoms with Crippen LogP contribution in [0, 0.1) is 0 Å². The number of para-hydroxylation sites is 1. The van der Waals surface area contributed by atoms with Gasteiger partial charge in [0.1, 0.15) is 5.75 Å². The fourth-order valence-electron chi connectivity index (χ4n) is 4.19. The normalized spacial score (nSPS) is 16.0. The predicted molar refractivity (Wildman–Crippen MR) is 121 cm³/mol. The molecular weight excluding hydrogens is 408 g/mol. The van der Waals surface area contributed by atoms with E-state index in [1.54, 1.807) is 18.0 Å². The Hall–Kier alpha value is -3.65. The monoisotopic (exact) mass is 432 g/mol. The van der Waals surface area contributed by atoms with Crippen molar-refractivity contribution in [3.8, 4) is 11.4 Å². The summed E-state index contributed by atoms with van der Waals surface area (Å²) in [6, 6.07) is 16.9. The minimum absolute atomic E-state index is 0.139. The summed E-state index contributed by atoms with van der Waals surface area (Å²) in [7, 11) is 1.62.